The minimum absolute atomic E-state index is 0.0279. The fraction of sp³-hybridized carbons (Fsp3) is 0.333. The molecule has 1 aromatic carbocycles. The van der Waals surface area contributed by atoms with Crippen LogP contribution in [0, 0.1) is 0 Å². The molecule has 8 heteroatoms. The summed E-state index contributed by atoms with van der Waals surface area (Å²) in [6, 6.07) is 10.1. The molecule has 0 atom stereocenters. The predicted molar refractivity (Wildman–Crippen MR) is 120 cm³/mol. The van der Waals surface area contributed by atoms with Gasteiger partial charge in [-0.2, -0.15) is 11.3 Å². The Morgan fingerprint density at radius 3 is 2.72 bits per heavy atom. The summed E-state index contributed by atoms with van der Waals surface area (Å²) in [4.78, 5) is 21.3. The minimum atomic E-state index is -0.0279. The molecule has 1 saturated heterocycles. The third-order valence-electron chi connectivity index (χ3n) is 4.69. The molecule has 3 heterocycles. The number of amides is 1. The lowest BCUT2D eigenvalue weighted by Crippen LogP contribution is -2.36. The van der Waals surface area contributed by atoms with E-state index in [1.54, 1.807) is 22.7 Å². The number of nitrogens with one attached hydrogen (secondary N) is 1. The fourth-order valence-corrected chi connectivity index (χ4v) is 4.78. The van der Waals surface area contributed by atoms with E-state index in [0.29, 0.717) is 13.1 Å². The van der Waals surface area contributed by atoms with E-state index in [4.69, 9.17) is 4.74 Å². The molecule has 0 saturated carbocycles. The van der Waals surface area contributed by atoms with Crippen molar-refractivity contribution < 1.29 is 9.53 Å². The van der Waals surface area contributed by atoms with Crippen LogP contribution in [-0.4, -0.2) is 55.7 Å². The molecule has 1 amide bonds. The first-order valence-electron chi connectivity index (χ1n) is 9.55. The van der Waals surface area contributed by atoms with Gasteiger partial charge in [-0.1, -0.05) is 0 Å². The SMILES string of the molecule is CN(CC(=O)Nc1ccc(N2CCOCC2)cc1)Cc1csc(-c2ccsc2)n1. The molecule has 29 heavy (non-hydrogen) atoms. The number of ether oxygens (including phenoxy) is 1. The van der Waals surface area contributed by atoms with Gasteiger partial charge in [-0.3, -0.25) is 9.69 Å². The van der Waals surface area contributed by atoms with Crippen LogP contribution in [0.4, 0.5) is 11.4 Å². The van der Waals surface area contributed by atoms with Crippen molar-refractivity contribution in [2.75, 3.05) is 50.1 Å². The molecule has 2 aromatic heterocycles. The van der Waals surface area contributed by atoms with Crippen molar-refractivity contribution >= 4 is 40.0 Å². The minimum Gasteiger partial charge on any atom is -0.378 e. The molecule has 0 unspecified atom stereocenters. The summed E-state index contributed by atoms with van der Waals surface area (Å²) in [5, 5.41) is 10.2. The molecule has 3 aromatic rings. The van der Waals surface area contributed by atoms with E-state index in [1.165, 1.54) is 0 Å². The first kappa shape index (κ1) is 20.0. The van der Waals surface area contributed by atoms with Crippen molar-refractivity contribution in [1.29, 1.82) is 0 Å². The van der Waals surface area contributed by atoms with Crippen molar-refractivity contribution in [1.82, 2.24) is 9.88 Å². The maximum absolute atomic E-state index is 12.4. The highest BCUT2D eigenvalue weighted by molar-refractivity contribution is 7.14. The third-order valence-corrected chi connectivity index (χ3v) is 6.32. The zero-order valence-corrected chi connectivity index (χ0v) is 18.0. The van der Waals surface area contributed by atoms with Gasteiger partial charge in [-0.25, -0.2) is 4.98 Å². The molecular formula is C21H24N4O2S2. The summed E-state index contributed by atoms with van der Waals surface area (Å²) in [5.41, 5.74) is 4.12. The first-order chi connectivity index (χ1) is 14.2. The normalized spacial score (nSPS) is 14.3. The fourth-order valence-electron chi connectivity index (χ4n) is 3.25. The Kier molecular flexibility index (Phi) is 6.56. The molecule has 1 aliphatic heterocycles. The van der Waals surface area contributed by atoms with Crippen molar-refractivity contribution in [2.24, 2.45) is 0 Å². The second-order valence-electron chi connectivity index (χ2n) is 7.02. The maximum atomic E-state index is 12.4. The highest BCUT2D eigenvalue weighted by atomic mass is 32.1. The number of benzene rings is 1. The van der Waals surface area contributed by atoms with Crippen LogP contribution in [0.2, 0.25) is 0 Å². The Bertz CT molecular complexity index is 919. The standard InChI is InChI=1S/C21H24N4O2S2/c1-24(12-18-15-29-21(23-18)16-6-11-28-14-16)13-20(26)22-17-2-4-19(5-3-17)25-7-9-27-10-8-25/h2-6,11,14-15H,7-10,12-13H2,1H3,(H,22,26). The van der Waals surface area contributed by atoms with Crippen molar-refractivity contribution in [3.05, 3.63) is 52.2 Å². The average molecular weight is 429 g/mol. The number of hydrogen-bond acceptors (Lipinski definition) is 7. The van der Waals surface area contributed by atoms with Gasteiger partial charge < -0.3 is 15.0 Å². The molecule has 0 spiro atoms. The molecule has 4 rings (SSSR count). The number of likely N-dealkylation sites (N-methyl/N-ethyl adjacent to an activating group) is 1. The number of nitrogens with zero attached hydrogens (tertiary/aromatic N) is 3. The molecule has 152 valence electrons. The van der Waals surface area contributed by atoms with Gasteiger partial charge in [0, 0.05) is 47.3 Å². The lowest BCUT2D eigenvalue weighted by molar-refractivity contribution is -0.117. The van der Waals surface area contributed by atoms with Crippen LogP contribution in [-0.2, 0) is 16.1 Å². The number of thiophene rings is 1. The van der Waals surface area contributed by atoms with Crippen molar-refractivity contribution in [3.8, 4) is 10.6 Å². The second-order valence-corrected chi connectivity index (χ2v) is 8.66. The molecule has 6 nitrogen and oxygen atoms in total. The zero-order valence-electron chi connectivity index (χ0n) is 16.3. The number of rotatable bonds is 7. The highest BCUT2D eigenvalue weighted by Gasteiger charge is 2.13. The van der Waals surface area contributed by atoms with Crippen molar-refractivity contribution in [2.45, 2.75) is 6.54 Å². The van der Waals surface area contributed by atoms with Gasteiger partial charge in [0.2, 0.25) is 5.91 Å². The molecule has 1 aliphatic rings. The summed E-state index contributed by atoms with van der Waals surface area (Å²) in [6.45, 7) is 4.29. The molecule has 1 N–H and O–H groups in total. The molecule has 0 radical (unpaired) electrons. The van der Waals surface area contributed by atoms with E-state index >= 15 is 0 Å². The van der Waals surface area contributed by atoms with Crippen LogP contribution in [0.5, 0.6) is 0 Å². The smallest absolute Gasteiger partial charge is 0.238 e. The maximum Gasteiger partial charge on any atom is 0.238 e. The van der Waals surface area contributed by atoms with E-state index in [0.717, 1.165) is 53.9 Å². The van der Waals surface area contributed by atoms with Crippen molar-refractivity contribution in [3.63, 3.8) is 0 Å². The lowest BCUT2D eigenvalue weighted by atomic mass is 10.2. The predicted octanol–water partition coefficient (Wildman–Crippen LogP) is 3.78. The van der Waals surface area contributed by atoms with Crippen LogP contribution >= 0.6 is 22.7 Å². The average Bonchev–Trinajstić information content (AvgIpc) is 3.41. The van der Waals surface area contributed by atoms with Crippen LogP contribution in [0.1, 0.15) is 5.69 Å². The van der Waals surface area contributed by atoms with Gasteiger partial charge in [0.15, 0.2) is 0 Å². The number of aromatic nitrogens is 1. The highest BCUT2D eigenvalue weighted by Crippen LogP contribution is 2.26. The van der Waals surface area contributed by atoms with Gasteiger partial charge in [-0.05, 0) is 42.8 Å². The second kappa shape index (κ2) is 9.49. The van der Waals surface area contributed by atoms with Gasteiger partial charge in [0.25, 0.3) is 0 Å². The first-order valence-corrected chi connectivity index (χ1v) is 11.4. The molecule has 0 bridgehead atoms. The summed E-state index contributed by atoms with van der Waals surface area (Å²) in [7, 11) is 1.94. The van der Waals surface area contributed by atoms with Gasteiger partial charge in [0.1, 0.15) is 5.01 Å². The summed E-state index contributed by atoms with van der Waals surface area (Å²) < 4.78 is 5.39. The Morgan fingerprint density at radius 2 is 2.00 bits per heavy atom. The zero-order chi connectivity index (χ0) is 20.1. The Balaban J connectivity index is 1.26. The van der Waals surface area contributed by atoms with Crippen LogP contribution < -0.4 is 10.2 Å². The molecular weight excluding hydrogens is 404 g/mol. The largest absolute Gasteiger partial charge is 0.378 e. The van der Waals surface area contributed by atoms with Crippen LogP contribution in [0.15, 0.2) is 46.5 Å². The number of carbonyl (C=O) groups is 1. The monoisotopic (exact) mass is 428 g/mol. The summed E-state index contributed by atoms with van der Waals surface area (Å²) in [6.07, 6.45) is 0. The molecule has 0 aliphatic carbocycles. The third kappa shape index (κ3) is 5.42. The number of carbonyl (C=O) groups excluding carboxylic acids is 1. The van der Waals surface area contributed by atoms with E-state index in [1.807, 2.05) is 36.2 Å². The Hall–Kier alpha value is -2.26. The number of hydrogen-bond donors (Lipinski definition) is 1. The Morgan fingerprint density at radius 1 is 1.21 bits per heavy atom. The Labute approximate surface area is 178 Å². The van der Waals surface area contributed by atoms with E-state index in [-0.39, 0.29) is 5.91 Å². The topological polar surface area (TPSA) is 57.7 Å². The number of morpholine rings is 1. The summed E-state index contributed by atoms with van der Waals surface area (Å²) >= 11 is 3.31. The van der Waals surface area contributed by atoms with Crippen LogP contribution in [0.3, 0.4) is 0 Å². The summed E-state index contributed by atoms with van der Waals surface area (Å²) in [5.74, 6) is -0.0279. The van der Waals surface area contributed by atoms with Gasteiger partial charge in [0.05, 0.1) is 25.5 Å². The van der Waals surface area contributed by atoms with E-state index in [9.17, 15) is 4.79 Å². The van der Waals surface area contributed by atoms with Gasteiger partial charge in [-0.15, -0.1) is 11.3 Å². The molecule has 1 fully saturated rings. The van der Waals surface area contributed by atoms with Gasteiger partial charge >= 0.3 is 0 Å². The number of thiazole rings is 1. The van der Waals surface area contributed by atoms with E-state index in [2.05, 4.69) is 37.4 Å². The number of anilines is 2. The van der Waals surface area contributed by atoms with E-state index < -0.39 is 0 Å². The lowest BCUT2D eigenvalue weighted by Gasteiger charge is -2.28. The van der Waals surface area contributed by atoms with Crippen LogP contribution in [0.25, 0.3) is 10.6 Å². The quantitative estimate of drug-likeness (QED) is 0.621.